The second-order valence-corrected chi connectivity index (χ2v) is 13.6. The van der Waals surface area contributed by atoms with Gasteiger partial charge in [-0.05, 0) is 128 Å². The number of para-hydroxylation sites is 1. The summed E-state index contributed by atoms with van der Waals surface area (Å²) in [6.07, 6.45) is 0. The van der Waals surface area contributed by atoms with Crippen molar-refractivity contribution >= 4 is 97.3 Å². The Morgan fingerprint density at radius 1 is 0.265 bits per heavy atom. The molecule has 0 saturated heterocycles. The van der Waals surface area contributed by atoms with Crippen molar-refractivity contribution in [2.45, 2.75) is 0 Å². The summed E-state index contributed by atoms with van der Waals surface area (Å²) in [6.45, 7) is 0. The third-order valence-electron chi connectivity index (χ3n) is 11.1. The quantitative estimate of drug-likeness (QED) is 0.176. The van der Waals surface area contributed by atoms with Crippen LogP contribution in [-0.2, 0) is 0 Å². The van der Waals surface area contributed by atoms with Crippen molar-refractivity contribution in [3.05, 3.63) is 158 Å². The zero-order chi connectivity index (χ0) is 31.8. The van der Waals surface area contributed by atoms with E-state index in [1.165, 1.54) is 103 Å². The molecular formula is C48H26O. The van der Waals surface area contributed by atoms with Gasteiger partial charge in [-0.3, -0.25) is 0 Å². The van der Waals surface area contributed by atoms with Crippen molar-refractivity contribution in [2.75, 3.05) is 0 Å². The lowest BCUT2D eigenvalue weighted by Crippen LogP contribution is -1.90. The molecule has 224 valence electrons. The molecule has 1 nitrogen and oxygen atoms in total. The van der Waals surface area contributed by atoms with Crippen LogP contribution in [-0.4, -0.2) is 0 Å². The summed E-state index contributed by atoms with van der Waals surface area (Å²) in [5.41, 5.74) is 6.69. The molecule has 0 amide bonds. The van der Waals surface area contributed by atoms with Gasteiger partial charge in [0.05, 0.1) is 0 Å². The molecule has 1 heteroatoms. The fourth-order valence-corrected chi connectivity index (χ4v) is 8.93. The highest BCUT2D eigenvalue weighted by atomic mass is 16.3. The molecule has 1 heterocycles. The molecule has 0 aliphatic carbocycles. The SMILES string of the molecule is c1cc2ccc3cc(-c4ccc5c(-c6ccc7ccc8cccc9ccc6c7c89)cc6oc7ccccc7c6c5c4)cc4ccc(c1)c2c34. The first kappa shape index (κ1) is 25.6. The minimum absolute atomic E-state index is 0.916. The fourth-order valence-electron chi connectivity index (χ4n) is 8.93. The highest BCUT2D eigenvalue weighted by molar-refractivity contribution is 6.29. The summed E-state index contributed by atoms with van der Waals surface area (Å²) in [6, 6.07) is 58.5. The Hall–Kier alpha value is -6.44. The Bertz CT molecular complexity index is 3240. The number of hydrogen-bond donors (Lipinski definition) is 0. The summed E-state index contributed by atoms with van der Waals surface area (Å²) in [5, 5.41) is 20.4. The van der Waals surface area contributed by atoms with E-state index in [1.54, 1.807) is 0 Å². The van der Waals surface area contributed by atoms with E-state index in [0.717, 1.165) is 16.6 Å². The predicted octanol–water partition coefficient (Wildman–Crippen LogP) is 13.9. The lowest BCUT2D eigenvalue weighted by Gasteiger charge is -2.16. The molecule has 0 saturated carbocycles. The molecule has 0 fully saturated rings. The molecule has 12 rings (SSSR count). The summed E-state index contributed by atoms with van der Waals surface area (Å²) >= 11 is 0. The number of furan rings is 1. The summed E-state index contributed by atoms with van der Waals surface area (Å²) in [4.78, 5) is 0. The van der Waals surface area contributed by atoms with Crippen molar-refractivity contribution in [3.8, 4) is 22.3 Å². The summed E-state index contributed by atoms with van der Waals surface area (Å²) < 4.78 is 6.63. The molecule has 0 spiro atoms. The number of benzene rings is 11. The fraction of sp³-hybridized carbons (Fsp3) is 0. The van der Waals surface area contributed by atoms with Crippen LogP contribution < -0.4 is 0 Å². The van der Waals surface area contributed by atoms with E-state index in [9.17, 15) is 0 Å². The molecule has 0 bridgehead atoms. The molecule has 0 aliphatic heterocycles. The topological polar surface area (TPSA) is 13.1 Å². The Morgan fingerprint density at radius 3 is 1.57 bits per heavy atom. The van der Waals surface area contributed by atoms with E-state index in [2.05, 4.69) is 158 Å². The van der Waals surface area contributed by atoms with Crippen molar-refractivity contribution in [1.82, 2.24) is 0 Å². The standard InChI is InChI=1S/C48H26O/c1-2-10-42-39(9-1)48-41-25-32(35-23-33-15-13-27-5-3-6-28-14-16-34(24-35)46(33)44(27)28)19-21-37(41)40(26-43(48)49-42)36-20-17-31-12-11-29-7-4-8-30-18-22-38(36)47(31)45(29)30/h1-26H. The summed E-state index contributed by atoms with van der Waals surface area (Å²) in [7, 11) is 0. The third-order valence-corrected chi connectivity index (χ3v) is 11.1. The van der Waals surface area contributed by atoms with E-state index in [4.69, 9.17) is 4.42 Å². The largest absolute Gasteiger partial charge is 0.456 e. The average Bonchev–Trinajstić information content (AvgIpc) is 3.54. The van der Waals surface area contributed by atoms with Crippen LogP contribution in [0.3, 0.4) is 0 Å². The lowest BCUT2D eigenvalue weighted by atomic mass is 9.87. The first-order valence-electron chi connectivity index (χ1n) is 17.0. The molecule has 49 heavy (non-hydrogen) atoms. The van der Waals surface area contributed by atoms with Gasteiger partial charge in [-0.25, -0.2) is 0 Å². The number of rotatable bonds is 2. The van der Waals surface area contributed by atoms with Gasteiger partial charge in [-0.15, -0.1) is 0 Å². The highest BCUT2D eigenvalue weighted by Crippen LogP contribution is 2.46. The van der Waals surface area contributed by atoms with Gasteiger partial charge in [0.1, 0.15) is 11.2 Å². The maximum absolute atomic E-state index is 6.63. The van der Waals surface area contributed by atoms with Crippen LogP contribution in [0.15, 0.2) is 162 Å². The molecule has 1 aromatic heterocycles. The van der Waals surface area contributed by atoms with Crippen LogP contribution in [0.25, 0.3) is 120 Å². The van der Waals surface area contributed by atoms with Crippen molar-refractivity contribution < 1.29 is 4.42 Å². The van der Waals surface area contributed by atoms with Gasteiger partial charge in [0, 0.05) is 10.8 Å². The van der Waals surface area contributed by atoms with Crippen LogP contribution in [0.5, 0.6) is 0 Å². The average molecular weight is 619 g/mol. The van der Waals surface area contributed by atoms with Gasteiger partial charge in [0.15, 0.2) is 0 Å². The highest BCUT2D eigenvalue weighted by Gasteiger charge is 2.19. The minimum Gasteiger partial charge on any atom is -0.456 e. The van der Waals surface area contributed by atoms with Crippen molar-refractivity contribution in [2.24, 2.45) is 0 Å². The maximum Gasteiger partial charge on any atom is 0.136 e. The molecule has 12 aromatic rings. The minimum atomic E-state index is 0.916. The van der Waals surface area contributed by atoms with E-state index < -0.39 is 0 Å². The zero-order valence-corrected chi connectivity index (χ0v) is 26.4. The predicted molar refractivity (Wildman–Crippen MR) is 210 cm³/mol. The van der Waals surface area contributed by atoms with Gasteiger partial charge in [0.25, 0.3) is 0 Å². The van der Waals surface area contributed by atoms with Gasteiger partial charge in [-0.1, -0.05) is 127 Å². The monoisotopic (exact) mass is 618 g/mol. The number of fused-ring (bicyclic) bond motifs is 5. The van der Waals surface area contributed by atoms with E-state index >= 15 is 0 Å². The first-order chi connectivity index (χ1) is 24.3. The molecule has 0 radical (unpaired) electrons. The van der Waals surface area contributed by atoms with Crippen LogP contribution in [0.2, 0.25) is 0 Å². The van der Waals surface area contributed by atoms with Crippen molar-refractivity contribution in [3.63, 3.8) is 0 Å². The Labute approximate surface area is 280 Å². The molecule has 0 unspecified atom stereocenters. The summed E-state index contributed by atoms with van der Waals surface area (Å²) in [5.74, 6) is 0. The third kappa shape index (κ3) is 3.39. The second kappa shape index (κ2) is 9.13. The smallest absolute Gasteiger partial charge is 0.136 e. The molecule has 0 N–H and O–H groups in total. The molecule has 0 aliphatic rings. The molecular weight excluding hydrogens is 593 g/mol. The zero-order valence-electron chi connectivity index (χ0n) is 26.4. The Balaban J connectivity index is 1.17. The van der Waals surface area contributed by atoms with Gasteiger partial charge < -0.3 is 4.42 Å². The van der Waals surface area contributed by atoms with Crippen molar-refractivity contribution in [1.29, 1.82) is 0 Å². The van der Waals surface area contributed by atoms with E-state index in [0.29, 0.717) is 0 Å². The first-order valence-corrected chi connectivity index (χ1v) is 17.0. The maximum atomic E-state index is 6.63. The van der Waals surface area contributed by atoms with Gasteiger partial charge in [-0.2, -0.15) is 0 Å². The van der Waals surface area contributed by atoms with Crippen LogP contribution in [0.1, 0.15) is 0 Å². The van der Waals surface area contributed by atoms with Gasteiger partial charge in [0.2, 0.25) is 0 Å². The number of hydrogen-bond acceptors (Lipinski definition) is 1. The Kier molecular flexibility index (Phi) is 4.77. The molecule has 11 aromatic carbocycles. The van der Waals surface area contributed by atoms with Crippen LogP contribution in [0, 0.1) is 0 Å². The normalized spacial score (nSPS) is 12.5. The Morgan fingerprint density at radius 2 is 0.837 bits per heavy atom. The van der Waals surface area contributed by atoms with E-state index in [-0.39, 0.29) is 0 Å². The van der Waals surface area contributed by atoms with Crippen LogP contribution in [0.4, 0.5) is 0 Å². The van der Waals surface area contributed by atoms with Crippen LogP contribution >= 0.6 is 0 Å². The molecule has 0 atom stereocenters. The van der Waals surface area contributed by atoms with Gasteiger partial charge >= 0.3 is 0 Å². The van der Waals surface area contributed by atoms with E-state index in [1.807, 2.05) is 0 Å². The second-order valence-electron chi connectivity index (χ2n) is 13.6. The lowest BCUT2D eigenvalue weighted by molar-refractivity contribution is 0.669.